The number of methoxy groups -OCH3 is 1. The molecule has 0 atom stereocenters. The van der Waals surface area contributed by atoms with E-state index in [2.05, 4.69) is 5.32 Å². The van der Waals surface area contributed by atoms with Crippen LogP contribution in [0.3, 0.4) is 0 Å². The number of hydrogen-bond donors (Lipinski definition) is 1. The van der Waals surface area contributed by atoms with Crippen molar-refractivity contribution < 1.29 is 23.9 Å². The minimum absolute atomic E-state index is 0.0140. The third-order valence-corrected chi connectivity index (χ3v) is 4.33. The number of ketones is 1. The Morgan fingerprint density at radius 3 is 2.74 bits per heavy atom. The van der Waals surface area contributed by atoms with Gasteiger partial charge in [0, 0.05) is 25.5 Å². The fourth-order valence-corrected chi connectivity index (χ4v) is 2.78. The summed E-state index contributed by atoms with van der Waals surface area (Å²) >= 11 is 0. The fraction of sp³-hybridized carbons (Fsp3) is 0.250. The molecule has 27 heavy (non-hydrogen) atoms. The number of para-hydroxylation sites is 2. The van der Waals surface area contributed by atoms with Gasteiger partial charge in [-0.2, -0.15) is 0 Å². The summed E-state index contributed by atoms with van der Waals surface area (Å²) < 4.78 is 10.5. The second-order valence-electron chi connectivity index (χ2n) is 6.10. The topological polar surface area (TPSA) is 84.9 Å². The Kier molecular flexibility index (Phi) is 5.40. The van der Waals surface area contributed by atoms with E-state index < -0.39 is 0 Å². The first-order valence-corrected chi connectivity index (χ1v) is 8.49. The number of carbonyl (C=O) groups excluding carboxylic acids is 3. The van der Waals surface area contributed by atoms with Crippen LogP contribution in [0.5, 0.6) is 11.5 Å². The number of amides is 2. The van der Waals surface area contributed by atoms with Gasteiger partial charge in [-0.25, -0.2) is 0 Å². The second kappa shape index (κ2) is 7.90. The molecular weight excluding hydrogens is 348 g/mol. The molecule has 1 aliphatic heterocycles. The standard InChI is InChI=1S/C20H20N2O5/c1-22-15-11-13(7-9-18(15)27-12-20(22)25)16(23)8-10-19(24)21-14-5-3-4-6-17(14)26-2/h3-7,9,11H,8,10,12H2,1-2H3,(H,21,24). The predicted molar refractivity (Wildman–Crippen MR) is 101 cm³/mol. The number of rotatable bonds is 6. The number of carbonyl (C=O) groups is 3. The van der Waals surface area contributed by atoms with Gasteiger partial charge in [-0.3, -0.25) is 14.4 Å². The molecule has 0 bridgehead atoms. The largest absolute Gasteiger partial charge is 0.495 e. The molecule has 140 valence electrons. The van der Waals surface area contributed by atoms with Gasteiger partial charge in [0.05, 0.1) is 18.5 Å². The van der Waals surface area contributed by atoms with E-state index >= 15 is 0 Å². The van der Waals surface area contributed by atoms with Crippen LogP contribution in [-0.4, -0.2) is 38.4 Å². The zero-order valence-electron chi connectivity index (χ0n) is 15.2. The normalized spacial score (nSPS) is 12.8. The molecule has 2 aromatic rings. The maximum atomic E-state index is 12.4. The Balaban J connectivity index is 1.62. The van der Waals surface area contributed by atoms with E-state index in [9.17, 15) is 14.4 Å². The van der Waals surface area contributed by atoms with Gasteiger partial charge in [0.2, 0.25) is 5.91 Å². The summed E-state index contributed by atoms with van der Waals surface area (Å²) in [4.78, 5) is 37.8. The highest BCUT2D eigenvalue weighted by Gasteiger charge is 2.23. The molecule has 7 heteroatoms. The van der Waals surface area contributed by atoms with Gasteiger partial charge >= 0.3 is 0 Å². The lowest BCUT2D eigenvalue weighted by Crippen LogP contribution is -2.35. The first-order chi connectivity index (χ1) is 13.0. The van der Waals surface area contributed by atoms with Gasteiger partial charge < -0.3 is 19.7 Å². The van der Waals surface area contributed by atoms with Crippen molar-refractivity contribution in [1.82, 2.24) is 0 Å². The highest BCUT2D eigenvalue weighted by atomic mass is 16.5. The minimum atomic E-state index is -0.276. The molecule has 1 heterocycles. The summed E-state index contributed by atoms with van der Waals surface area (Å²) in [7, 11) is 3.16. The van der Waals surface area contributed by atoms with Crippen LogP contribution in [0.25, 0.3) is 0 Å². The van der Waals surface area contributed by atoms with Crippen LogP contribution in [0, 0.1) is 0 Å². The summed E-state index contributed by atoms with van der Waals surface area (Å²) in [6.45, 7) is -0.0140. The van der Waals surface area contributed by atoms with Gasteiger partial charge in [-0.05, 0) is 30.3 Å². The molecule has 1 aliphatic rings. The number of likely N-dealkylation sites (N-methyl/N-ethyl adjacent to an activating group) is 1. The van der Waals surface area contributed by atoms with Crippen molar-refractivity contribution in [3.63, 3.8) is 0 Å². The lowest BCUT2D eigenvalue weighted by Gasteiger charge is -2.26. The maximum Gasteiger partial charge on any atom is 0.264 e. The molecule has 3 rings (SSSR count). The molecular formula is C20H20N2O5. The van der Waals surface area contributed by atoms with Crippen LogP contribution in [0.1, 0.15) is 23.2 Å². The van der Waals surface area contributed by atoms with E-state index in [0.29, 0.717) is 28.4 Å². The van der Waals surface area contributed by atoms with Crippen LogP contribution in [0.4, 0.5) is 11.4 Å². The smallest absolute Gasteiger partial charge is 0.264 e. The first kappa shape index (κ1) is 18.4. The van der Waals surface area contributed by atoms with Crippen LogP contribution in [0.2, 0.25) is 0 Å². The summed E-state index contributed by atoms with van der Waals surface area (Å²) in [5.74, 6) is 0.478. The second-order valence-corrected chi connectivity index (χ2v) is 6.10. The van der Waals surface area contributed by atoms with Crippen LogP contribution in [0.15, 0.2) is 42.5 Å². The molecule has 2 amide bonds. The number of anilines is 2. The molecule has 0 fully saturated rings. The fourth-order valence-electron chi connectivity index (χ4n) is 2.78. The van der Waals surface area contributed by atoms with Crippen molar-refractivity contribution in [2.45, 2.75) is 12.8 Å². The van der Waals surface area contributed by atoms with Gasteiger partial charge in [0.1, 0.15) is 11.5 Å². The summed E-state index contributed by atoms with van der Waals surface area (Å²) in [6, 6.07) is 12.0. The number of ether oxygens (including phenoxy) is 2. The van der Waals surface area contributed by atoms with E-state index in [1.54, 1.807) is 49.5 Å². The van der Waals surface area contributed by atoms with Crippen LogP contribution >= 0.6 is 0 Å². The molecule has 1 N–H and O–H groups in total. The maximum absolute atomic E-state index is 12.4. The molecule has 2 aromatic carbocycles. The molecule has 0 unspecified atom stereocenters. The van der Waals surface area contributed by atoms with E-state index in [-0.39, 0.29) is 37.0 Å². The zero-order valence-corrected chi connectivity index (χ0v) is 15.2. The Morgan fingerprint density at radius 1 is 1.19 bits per heavy atom. The Hall–Kier alpha value is -3.35. The Morgan fingerprint density at radius 2 is 1.96 bits per heavy atom. The van der Waals surface area contributed by atoms with Crippen molar-refractivity contribution in [2.24, 2.45) is 0 Å². The van der Waals surface area contributed by atoms with Crippen molar-refractivity contribution in [1.29, 1.82) is 0 Å². The highest BCUT2D eigenvalue weighted by Crippen LogP contribution is 2.32. The molecule has 0 saturated heterocycles. The van der Waals surface area contributed by atoms with E-state index in [4.69, 9.17) is 9.47 Å². The molecule has 0 spiro atoms. The van der Waals surface area contributed by atoms with Gasteiger partial charge in [-0.15, -0.1) is 0 Å². The van der Waals surface area contributed by atoms with Gasteiger partial charge in [0.25, 0.3) is 5.91 Å². The highest BCUT2D eigenvalue weighted by molar-refractivity contribution is 6.03. The monoisotopic (exact) mass is 368 g/mol. The van der Waals surface area contributed by atoms with E-state index in [1.165, 1.54) is 12.0 Å². The molecule has 7 nitrogen and oxygen atoms in total. The lowest BCUT2D eigenvalue weighted by atomic mass is 10.0. The molecule has 0 radical (unpaired) electrons. The average molecular weight is 368 g/mol. The number of nitrogens with one attached hydrogen (secondary N) is 1. The van der Waals surface area contributed by atoms with Gasteiger partial charge in [0.15, 0.2) is 12.4 Å². The third kappa shape index (κ3) is 4.08. The van der Waals surface area contributed by atoms with E-state index in [0.717, 1.165) is 0 Å². The molecule has 0 aliphatic carbocycles. The van der Waals surface area contributed by atoms with Crippen LogP contribution in [-0.2, 0) is 9.59 Å². The Bertz CT molecular complexity index is 894. The summed E-state index contributed by atoms with van der Waals surface area (Å²) in [5.41, 5.74) is 1.54. The number of hydrogen-bond acceptors (Lipinski definition) is 5. The van der Waals surface area contributed by atoms with Crippen molar-refractivity contribution in [3.05, 3.63) is 48.0 Å². The zero-order chi connectivity index (χ0) is 19.4. The quantitative estimate of drug-likeness (QED) is 0.793. The predicted octanol–water partition coefficient (Wildman–Crippen LogP) is 2.65. The summed E-state index contributed by atoms with van der Waals surface area (Å²) in [6.07, 6.45) is 0.0948. The number of nitrogens with zero attached hydrogens (tertiary/aromatic N) is 1. The first-order valence-electron chi connectivity index (χ1n) is 8.49. The van der Waals surface area contributed by atoms with E-state index in [1.807, 2.05) is 0 Å². The minimum Gasteiger partial charge on any atom is -0.495 e. The number of benzene rings is 2. The average Bonchev–Trinajstić information content (AvgIpc) is 2.69. The summed E-state index contributed by atoms with van der Waals surface area (Å²) in [5, 5.41) is 2.74. The van der Waals surface area contributed by atoms with Crippen molar-refractivity contribution in [3.8, 4) is 11.5 Å². The number of Topliss-reactive ketones (excluding diaryl/α,β-unsaturated/α-hetero) is 1. The SMILES string of the molecule is COc1ccccc1NC(=O)CCC(=O)c1ccc2c(c1)N(C)C(=O)CO2. The number of fused-ring (bicyclic) bond motifs is 1. The van der Waals surface area contributed by atoms with Crippen molar-refractivity contribution in [2.75, 3.05) is 31.0 Å². The van der Waals surface area contributed by atoms with Crippen molar-refractivity contribution >= 4 is 29.0 Å². The lowest BCUT2D eigenvalue weighted by molar-refractivity contribution is -0.121. The van der Waals surface area contributed by atoms with Gasteiger partial charge in [-0.1, -0.05) is 12.1 Å². The molecule has 0 aromatic heterocycles. The Labute approximate surface area is 156 Å². The van der Waals surface area contributed by atoms with Crippen LogP contribution < -0.4 is 19.7 Å². The molecule has 0 saturated carbocycles. The third-order valence-electron chi connectivity index (χ3n) is 4.33.